The summed E-state index contributed by atoms with van der Waals surface area (Å²) in [6.07, 6.45) is 5.13. The number of ether oxygens (including phenoxy) is 1. The predicted octanol–water partition coefficient (Wildman–Crippen LogP) is 3.78. The Morgan fingerprint density at radius 2 is 2.00 bits per heavy atom. The van der Waals surface area contributed by atoms with Gasteiger partial charge in [0.2, 0.25) is 0 Å². The molecule has 5 heteroatoms. The van der Waals surface area contributed by atoms with Gasteiger partial charge in [-0.2, -0.15) is 0 Å². The zero-order valence-electron chi connectivity index (χ0n) is 10.7. The lowest BCUT2D eigenvalue weighted by Gasteiger charge is -2.12. The molecule has 1 fully saturated rings. The molecule has 0 radical (unpaired) electrons. The Balaban J connectivity index is 1.72. The van der Waals surface area contributed by atoms with Crippen LogP contribution < -0.4 is 5.32 Å². The summed E-state index contributed by atoms with van der Waals surface area (Å²) in [6.45, 7) is 1.36. The zero-order chi connectivity index (χ0) is 13.7. The molecule has 0 bridgehead atoms. The van der Waals surface area contributed by atoms with Crippen LogP contribution in [-0.2, 0) is 11.3 Å². The van der Waals surface area contributed by atoms with Crippen molar-refractivity contribution in [3.63, 3.8) is 0 Å². The molecule has 1 aromatic carbocycles. The molecule has 0 unspecified atom stereocenters. The minimum absolute atomic E-state index is 0.0650. The van der Waals surface area contributed by atoms with Crippen LogP contribution in [0.1, 0.15) is 31.2 Å². The molecule has 2 rings (SSSR count). The van der Waals surface area contributed by atoms with Crippen LogP contribution in [0.15, 0.2) is 16.6 Å². The van der Waals surface area contributed by atoms with E-state index >= 15 is 0 Å². The molecule has 19 heavy (non-hydrogen) atoms. The van der Waals surface area contributed by atoms with Crippen LogP contribution >= 0.6 is 15.9 Å². The Labute approximate surface area is 120 Å². The third-order valence-corrected chi connectivity index (χ3v) is 3.99. The number of halogens is 3. The van der Waals surface area contributed by atoms with Gasteiger partial charge in [-0.1, -0.05) is 12.8 Å². The molecule has 0 amide bonds. The Morgan fingerprint density at radius 1 is 1.26 bits per heavy atom. The first-order chi connectivity index (χ1) is 9.18. The van der Waals surface area contributed by atoms with Crippen molar-refractivity contribution in [1.29, 1.82) is 0 Å². The fourth-order valence-electron chi connectivity index (χ4n) is 2.30. The summed E-state index contributed by atoms with van der Waals surface area (Å²) in [5, 5.41) is 3.01. The van der Waals surface area contributed by atoms with Gasteiger partial charge in [0.15, 0.2) is 0 Å². The van der Waals surface area contributed by atoms with E-state index in [-0.39, 0.29) is 16.6 Å². The maximum Gasteiger partial charge on any atom is 0.144 e. The Bertz CT molecular complexity index is 422. The summed E-state index contributed by atoms with van der Waals surface area (Å²) in [4.78, 5) is 0. The summed E-state index contributed by atoms with van der Waals surface area (Å²) < 4.78 is 33.1. The van der Waals surface area contributed by atoms with Gasteiger partial charge in [0.1, 0.15) is 11.6 Å². The van der Waals surface area contributed by atoms with Gasteiger partial charge in [-0.3, -0.25) is 0 Å². The van der Waals surface area contributed by atoms with Gasteiger partial charge in [0.05, 0.1) is 17.2 Å². The van der Waals surface area contributed by atoms with Crippen LogP contribution in [0.5, 0.6) is 0 Å². The van der Waals surface area contributed by atoms with Gasteiger partial charge in [-0.25, -0.2) is 8.78 Å². The van der Waals surface area contributed by atoms with Crippen LogP contribution in [0.25, 0.3) is 0 Å². The largest absolute Gasteiger partial charge is 0.377 e. The second-order valence-corrected chi connectivity index (χ2v) is 5.63. The van der Waals surface area contributed by atoms with Crippen molar-refractivity contribution in [3.05, 3.63) is 33.8 Å². The first-order valence-corrected chi connectivity index (χ1v) is 7.42. The lowest BCUT2D eigenvalue weighted by Crippen LogP contribution is -2.23. The SMILES string of the molecule is Fc1ccc(Br)c(F)c1CNCCOC1CCCC1. The van der Waals surface area contributed by atoms with Gasteiger partial charge in [0, 0.05) is 18.7 Å². The monoisotopic (exact) mass is 333 g/mol. The number of rotatable bonds is 6. The van der Waals surface area contributed by atoms with Crippen LogP contribution in [0.4, 0.5) is 8.78 Å². The average Bonchev–Trinajstić information content (AvgIpc) is 2.90. The Kier molecular flexibility index (Phi) is 5.73. The lowest BCUT2D eigenvalue weighted by atomic mass is 10.2. The maximum absolute atomic E-state index is 13.7. The summed E-state index contributed by atoms with van der Waals surface area (Å²) in [5.41, 5.74) is 0.0650. The van der Waals surface area contributed by atoms with E-state index < -0.39 is 11.6 Å². The molecule has 0 saturated heterocycles. The van der Waals surface area contributed by atoms with E-state index in [4.69, 9.17) is 4.74 Å². The van der Waals surface area contributed by atoms with Gasteiger partial charge >= 0.3 is 0 Å². The van der Waals surface area contributed by atoms with Crippen molar-refractivity contribution in [2.24, 2.45) is 0 Å². The highest BCUT2D eigenvalue weighted by Crippen LogP contribution is 2.22. The molecule has 1 saturated carbocycles. The quantitative estimate of drug-likeness (QED) is 0.632. The second kappa shape index (κ2) is 7.31. The third-order valence-electron chi connectivity index (χ3n) is 3.38. The van der Waals surface area contributed by atoms with Crippen LogP contribution in [0.2, 0.25) is 0 Å². The predicted molar refractivity (Wildman–Crippen MR) is 74.0 cm³/mol. The highest BCUT2D eigenvalue weighted by Gasteiger charge is 2.15. The second-order valence-electron chi connectivity index (χ2n) is 4.78. The van der Waals surface area contributed by atoms with E-state index in [1.807, 2.05) is 0 Å². The Morgan fingerprint density at radius 3 is 2.74 bits per heavy atom. The standard InChI is InChI=1S/C14H18BrF2NO/c15-12-5-6-13(16)11(14(12)17)9-18-7-8-19-10-3-1-2-4-10/h5-6,10,18H,1-4,7-9H2. The van der Waals surface area contributed by atoms with Crippen LogP contribution in [0.3, 0.4) is 0 Å². The lowest BCUT2D eigenvalue weighted by molar-refractivity contribution is 0.0602. The van der Waals surface area contributed by atoms with E-state index in [1.54, 1.807) is 0 Å². The normalized spacial score (nSPS) is 16.2. The van der Waals surface area contributed by atoms with Crippen molar-refractivity contribution in [2.75, 3.05) is 13.2 Å². The molecule has 1 aliphatic carbocycles. The van der Waals surface area contributed by atoms with Crippen molar-refractivity contribution in [3.8, 4) is 0 Å². The van der Waals surface area contributed by atoms with Gasteiger partial charge in [-0.15, -0.1) is 0 Å². The highest BCUT2D eigenvalue weighted by atomic mass is 79.9. The molecule has 0 aromatic heterocycles. The van der Waals surface area contributed by atoms with Crippen molar-refractivity contribution in [2.45, 2.75) is 38.3 Å². The van der Waals surface area contributed by atoms with Crippen molar-refractivity contribution in [1.82, 2.24) is 5.32 Å². The van der Waals surface area contributed by atoms with Crippen LogP contribution in [-0.4, -0.2) is 19.3 Å². The molecule has 2 nitrogen and oxygen atoms in total. The summed E-state index contributed by atoms with van der Waals surface area (Å²) in [5.74, 6) is -1.06. The molecule has 0 atom stereocenters. The maximum atomic E-state index is 13.7. The molecule has 1 aliphatic rings. The molecular weight excluding hydrogens is 316 g/mol. The number of hydrogen-bond acceptors (Lipinski definition) is 2. The third kappa shape index (κ3) is 4.23. The average molecular weight is 334 g/mol. The van der Waals surface area contributed by atoms with E-state index in [9.17, 15) is 8.78 Å². The minimum Gasteiger partial charge on any atom is -0.377 e. The number of nitrogens with one attached hydrogen (secondary N) is 1. The summed E-state index contributed by atoms with van der Waals surface area (Å²) >= 11 is 3.05. The van der Waals surface area contributed by atoms with E-state index in [1.165, 1.54) is 25.0 Å². The van der Waals surface area contributed by atoms with Gasteiger partial charge in [-0.05, 0) is 40.9 Å². The fraction of sp³-hybridized carbons (Fsp3) is 0.571. The van der Waals surface area contributed by atoms with Gasteiger partial charge < -0.3 is 10.1 Å². The number of hydrogen-bond donors (Lipinski definition) is 1. The van der Waals surface area contributed by atoms with Crippen LogP contribution in [0, 0.1) is 11.6 Å². The first kappa shape index (κ1) is 14.9. The van der Waals surface area contributed by atoms with E-state index in [0.29, 0.717) is 19.3 Å². The molecule has 1 aromatic rings. The molecule has 106 valence electrons. The summed E-state index contributed by atoms with van der Waals surface area (Å²) in [7, 11) is 0. The minimum atomic E-state index is -0.538. The summed E-state index contributed by atoms with van der Waals surface area (Å²) in [6, 6.07) is 2.64. The van der Waals surface area contributed by atoms with Crippen molar-refractivity contribution < 1.29 is 13.5 Å². The Hall–Kier alpha value is -0.520. The molecule has 0 heterocycles. The molecule has 1 N–H and O–H groups in total. The fourth-order valence-corrected chi connectivity index (χ4v) is 2.67. The van der Waals surface area contributed by atoms with E-state index in [2.05, 4.69) is 21.2 Å². The van der Waals surface area contributed by atoms with Crippen molar-refractivity contribution >= 4 is 15.9 Å². The van der Waals surface area contributed by atoms with E-state index in [0.717, 1.165) is 12.8 Å². The van der Waals surface area contributed by atoms with Gasteiger partial charge in [0.25, 0.3) is 0 Å². The smallest absolute Gasteiger partial charge is 0.144 e. The number of benzene rings is 1. The molecule has 0 aliphatic heterocycles. The molecular formula is C14H18BrF2NO. The first-order valence-electron chi connectivity index (χ1n) is 6.63. The zero-order valence-corrected chi connectivity index (χ0v) is 12.3. The molecule has 0 spiro atoms. The highest BCUT2D eigenvalue weighted by molar-refractivity contribution is 9.10. The topological polar surface area (TPSA) is 21.3 Å².